The quantitative estimate of drug-likeness (QED) is 0.614. The van der Waals surface area contributed by atoms with Crippen molar-refractivity contribution in [2.75, 3.05) is 7.11 Å². The van der Waals surface area contributed by atoms with E-state index in [1.54, 1.807) is 7.11 Å². The molecule has 0 saturated heterocycles. The lowest BCUT2D eigenvalue weighted by Crippen LogP contribution is -1.89. The molecule has 110 valence electrons. The van der Waals surface area contributed by atoms with Gasteiger partial charge in [0.15, 0.2) is 0 Å². The van der Waals surface area contributed by atoms with E-state index in [0.29, 0.717) is 0 Å². The van der Waals surface area contributed by atoms with Gasteiger partial charge in [0, 0.05) is 35.3 Å². The number of imidazole rings is 1. The first-order chi connectivity index (χ1) is 10.8. The smallest absolute Gasteiger partial charge is 0.140 e. The molecule has 0 amide bonds. The third-order valence-electron chi connectivity index (χ3n) is 4.07. The van der Waals surface area contributed by atoms with Crippen LogP contribution in [-0.2, 0) is 6.54 Å². The second-order valence-corrected chi connectivity index (χ2v) is 5.31. The van der Waals surface area contributed by atoms with Gasteiger partial charge in [0.05, 0.1) is 18.1 Å². The summed E-state index contributed by atoms with van der Waals surface area (Å²) in [6, 6.07) is 14.3. The average molecular weight is 291 g/mol. The predicted octanol–water partition coefficient (Wildman–Crippen LogP) is 4.21. The number of methoxy groups -OCH3 is 1. The van der Waals surface area contributed by atoms with E-state index < -0.39 is 0 Å². The molecule has 0 bridgehead atoms. The van der Waals surface area contributed by atoms with E-state index in [-0.39, 0.29) is 0 Å². The number of hydrogen-bond donors (Lipinski definition) is 1. The average Bonchev–Trinajstić information content (AvgIpc) is 3.14. The fourth-order valence-electron chi connectivity index (χ4n) is 2.94. The Labute approximate surface area is 128 Å². The molecule has 0 aliphatic carbocycles. The summed E-state index contributed by atoms with van der Waals surface area (Å²) >= 11 is 0. The first kappa shape index (κ1) is 13.0. The van der Waals surface area contributed by atoms with Gasteiger partial charge in [-0.05, 0) is 25.1 Å². The highest BCUT2D eigenvalue weighted by atomic mass is 16.5. The highest BCUT2D eigenvalue weighted by molar-refractivity contribution is 5.96. The van der Waals surface area contributed by atoms with E-state index in [1.165, 1.54) is 10.9 Å². The standard InChI is InChI=1S/C18H17N3O/c1-3-21-11-14(13-6-4-5-7-17(13)21)18-19-15-9-8-12(22-2)10-16(15)20-18/h4-11H,3H2,1-2H3,(H,19,20). The molecule has 2 aromatic carbocycles. The molecule has 4 rings (SSSR count). The second kappa shape index (κ2) is 4.91. The van der Waals surface area contributed by atoms with Crippen molar-refractivity contribution in [1.82, 2.24) is 14.5 Å². The summed E-state index contributed by atoms with van der Waals surface area (Å²) in [6.07, 6.45) is 2.17. The van der Waals surface area contributed by atoms with Gasteiger partial charge in [0.25, 0.3) is 0 Å². The number of benzene rings is 2. The van der Waals surface area contributed by atoms with Gasteiger partial charge in [-0.1, -0.05) is 18.2 Å². The molecular weight excluding hydrogens is 274 g/mol. The minimum absolute atomic E-state index is 0.832. The van der Waals surface area contributed by atoms with Crippen molar-refractivity contribution in [3.8, 4) is 17.1 Å². The fraction of sp³-hybridized carbons (Fsp3) is 0.167. The summed E-state index contributed by atoms with van der Waals surface area (Å²) in [5.74, 6) is 1.73. The Morgan fingerprint density at radius 3 is 2.86 bits per heavy atom. The molecule has 22 heavy (non-hydrogen) atoms. The molecule has 2 aromatic heterocycles. The number of rotatable bonds is 3. The molecule has 0 aliphatic heterocycles. The van der Waals surface area contributed by atoms with Crippen molar-refractivity contribution in [2.45, 2.75) is 13.5 Å². The Balaban J connectivity index is 1.95. The zero-order chi connectivity index (χ0) is 15.1. The maximum absolute atomic E-state index is 5.28. The Bertz CT molecular complexity index is 965. The van der Waals surface area contributed by atoms with Gasteiger partial charge in [-0.2, -0.15) is 0 Å². The molecule has 1 N–H and O–H groups in total. The minimum Gasteiger partial charge on any atom is -0.497 e. The number of ether oxygens (including phenoxy) is 1. The molecule has 0 aliphatic rings. The van der Waals surface area contributed by atoms with Crippen LogP contribution in [0.3, 0.4) is 0 Å². The van der Waals surface area contributed by atoms with Crippen LogP contribution in [0.1, 0.15) is 6.92 Å². The second-order valence-electron chi connectivity index (χ2n) is 5.31. The number of nitrogens with one attached hydrogen (secondary N) is 1. The number of aromatic amines is 1. The van der Waals surface area contributed by atoms with Gasteiger partial charge in [-0.15, -0.1) is 0 Å². The molecule has 4 nitrogen and oxygen atoms in total. The Hall–Kier alpha value is -2.75. The number of H-pyrrole nitrogens is 1. The van der Waals surface area contributed by atoms with Crippen molar-refractivity contribution in [3.63, 3.8) is 0 Å². The topological polar surface area (TPSA) is 42.8 Å². The number of nitrogens with zero attached hydrogens (tertiary/aromatic N) is 2. The van der Waals surface area contributed by atoms with E-state index in [0.717, 1.165) is 34.7 Å². The maximum atomic E-state index is 5.28. The van der Waals surface area contributed by atoms with Crippen molar-refractivity contribution in [2.24, 2.45) is 0 Å². The van der Waals surface area contributed by atoms with Crippen molar-refractivity contribution in [3.05, 3.63) is 48.7 Å². The van der Waals surface area contributed by atoms with Crippen LogP contribution in [0.15, 0.2) is 48.7 Å². The summed E-state index contributed by atoms with van der Waals surface area (Å²) in [6.45, 7) is 3.09. The third kappa shape index (κ3) is 1.88. The number of fused-ring (bicyclic) bond motifs is 2. The molecule has 0 spiro atoms. The predicted molar refractivity (Wildman–Crippen MR) is 89.3 cm³/mol. The Kier molecular flexibility index (Phi) is 2.89. The lowest BCUT2D eigenvalue weighted by Gasteiger charge is -1.97. The number of aromatic nitrogens is 3. The number of para-hydroxylation sites is 1. The normalized spacial score (nSPS) is 11.4. The minimum atomic E-state index is 0.832. The van der Waals surface area contributed by atoms with E-state index >= 15 is 0 Å². The molecular formula is C18H17N3O. The number of hydrogen-bond acceptors (Lipinski definition) is 2. The van der Waals surface area contributed by atoms with Crippen molar-refractivity contribution < 1.29 is 4.74 Å². The summed E-state index contributed by atoms with van der Waals surface area (Å²) in [5.41, 5.74) is 4.30. The van der Waals surface area contributed by atoms with E-state index in [1.807, 2.05) is 18.2 Å². The van der Waals surface area contributed by atoms with Crippen LogP contribution in [-0.4, -0.2) is 21.6 Å². The summed E-state index contributed by atoms with van der Waals surface area (Å²) in [4.78, 5) is 8.14. The third-order valence-corrected chi connectivity index (χ3v) is 4.07. The molecule has 0 unspecified atom stereocenters. The summed E-state index contributed by atoms with van der Waals surface area (Å²) < 4.78 is 7.53. The lowest BCUT2D eigenvalue weighted by molar-refractivity contribution is 0.415. The van der Waals surface area contributed by atoms with Gasteiger partial charge in [0.2, 0.25) is 0 Å². The summed E-state index contributed by atoms with van der Waals surface area (Å²) in [7, 11) is 1.67. The van der Waals surface area contributed by atoms with E-state index in [2.05, 4.69) is 46.9 Å². The lowest BCUT2D eigenvalue weighted by atomic mass is 10.2. The monoisotopic (exact) mass is 291 g/mol. The van der Waals surface area contributed by atoms with E-state index in [4.69, 9.17) is 9.72 Å². The van der Waals surface area contributed by atoms with Crippen LogP contribution in [0.5, 0.6) is 5.75 Å². The number of aryl methyl sites for hydroxylation is 1. The van der Waals surface area contributed by atoms with Gasteiger partial charge < -0.3 is 14.3 Å². The van der Waals surface area contributed by atoms with Crippen LogP contribution in [0.4, 0.5) is 0 Å². The summed E-state index contributed by atoms with van der Waals surface area (Å²) in [5, 5.41) is 1.22. The van der Waals surface area contributed by atoms with Gasteiger partial charge in [-0.25, -0.2) is 4.98 Å². The zero-order valence-corrected chi connectivity index (χ0v) is 12.6. The van der Waals surface area contributed by atoms with Crippen molar-refractivity contribution in [1.29, 1.82) is 0 Å². The van der Waals surface area contributed by atoms with Crippen LogP contribution < -0.4 is 4.74 Å². The molecule has 0 atom stereocenters. The maximum Gasteiger partial charge on any atom is 0.140 e. The van der Waals surface area contributed by atoms with Crippen molar-refractivity contribution >= 4 is 21.9 Å². The highest BCUT2D eigenvalue weighted by Gasteiger charge is 2.13. The Morgan fingerprint density at radius 2 is 2.05 bits per heavy atom. The SMILES string of the molecule is CCn1cc(-c2nc3ccc(OC)cc3[nH]2)c2ccccc21. The molecule has 0 fully saturated rings. The Morgan fingerprint density at radius 1 is 1.18 bits per heavy atom. The van der Waals surface area contributed by atoms with Gasteiger partial charge in [-0.3, -0.25) is 0 Å². The molecule has 0 radical (unpaired) electrons. The van der Waals surface area contributed by atoms with Crippen LogP contribution >= 0.6 is 0 Å². The van der Waals surface area contributed by atoms with Crippen LogP contribution in [0, 0.1) is 0 Å². The zero-order valence-electron chi connectivity index (χ0n) is 12.6. The first-order valence-electron chi connectivity index (χ1n) is 7.42. The molecule has 2 heterocycles. The van der Waals surface area contributed by atoms with Gasteiger partial charge in [0.1, 0.15) is 11.6 Å². The molecule has 4 heteroatoms. The van der Waals surface area contributed by atoms with Gasteiger partial charge >= 0.3 is 0 Å². The molecule has 4 aromatic rings. The molecule has 0 saturated carbocycles. The first-order valence-corrected chi connectivity index (χ1v) is 7.42. The van der Waals surface area contributed by atoms with Crippen LogP contribution in [0.2, 0.25) is 0 Å². The highest BCUT2D eigenvalue weighted by Crippen LogP contribution is 2.31. The van der Waals surface area contributed by atoms with E-state index in [9.17, 15) is 0 Å². The largest absolute Gasteiger partial charge is 0.497 e. The van der Waals surface area contributed by atoms with Crippen LogP contribution in [0.25, 0.3) is 33.3 Å². The fourth-order valence-corrected chi connectivity index (χ4v) is 2.94.